The van der Waals surface area contributed by atoms with Crippen LogP contribution in [-0.2, 0) is 27.2 Å². The number of carbonyl (C=O) groups excluding carboxylic acids is 3. The smallest absolute Gasteiger partial charge is 0.246 e. The number of ketones is 1. The number of nitrogens with one attached hydrogen (secondary N) is 3. The van der Waals surface area contributed by atoms with Gasteiger partial charge in [-0.3, -0.25) is 9.59 Å². The number of allylic oxidation sites excluding steroid dienone is 1. The minimum absolute atomic E-state index is 0.0972. The maximum absolute atomic E-state index is 12.6. The fourth-order valence-corrected chi connectivity index (χ4v) is 2.88. The highest BCUT2D eigenvalue weighted by molar-refractivity contribution is 5.96. The van der Waals surface area contributed by atoms with Gasteiger partial charge in [0, 0.05) is 24.2 Å². The van der Waals surface area contributed by atoms with Crippen LogP contribution in [0.1, 0.15) is 85.4 Å². The summed E-state index contributed by atoms with van der Waals surface area (Å²) in [7, 11) is 1.93. The van der Waals surface area contributed by atoms with Crippen molar-refractivity contribution in [2.75, 3.05) is 25.5 Å². The van der Waals surface area contributed by atoms with Crippen molar-refractivity contribution in [2.45, 2.75) is 94.5 Å². The number of carbonyl (C=O) groups is 3. The zero-order valence-corrected chi connectivity index (χ0v) is 28.8. The molecule has 0 heterocycles. The molecular weight excluding hydrogens is 541 g/mol. The standard InChI is InChI=1S/C18H24N2O3.C8H9F.C3H9N.C3H6.2C2H6/c1-12(2)18(23)20-17(14(4)22)11-19-16-8-7-15(6-5-9-21)10-13(16)3;1-2-7-5-3-4-6-8(7)9;1-3-4-2;1-3-2;2*1-2/h7-10,17,19H,1,5-6,11H2,2-4H3,(H,20,23);3-6H,2H2,1H3;4H,3H2,1-2H3;3H,1H2,2H3;2*1-2H3/t17-;;;;;/m0...../s1. The summed E-state index contributed by atoms with van der Waals surface area (Å²) in [5.74, 6) is -0.541. The van der Waals surface area contributed by atoms with Gasteiger partial charge >= 0.3 is 0 Å². The molecule has 1 amide bonds. The van der Waals surface area contributed by atoms with E-state index in [1.165, 1.54) is 13.0 Å². The van der Waals surface area contributed by atoms with Crippen LogP contribution < -0.4 is 16.0 Å². The molecule has 0 aliphatic carbocycles. The molecule has 0 saturated heterocycles. The Labute approximate surface area is 262 Å². The van der Waals surface area contributed by atoms with E-state index in [2.05, 4.69) is 36.0 Å². The van der Waals surface area contributed by atoms with Gasteiger partial charge in [-0.05, 0) is 83.0 Å². The number of amides is 1. The van der Waals surface area contributed by atoms with Crippen LogP contribution in [-0.4, -0.2) is 44.2 Å². The van der Waals surface area contributed by atoms with E-state index in [-0.39, 0.29) is 17.5 Å². The van der Waals surface area contributed by atoms with Gasteiger partial charge in [0.2, 0.25) is 5.91 Å². The molecule has 2 rings (SSSR count). The molecule has 2 aromatic rings. The average Bonchev–Trinajstić information content (AvgIpc) is 3.01. The molecule has 0 radical (unpaired) electrons. The summed E-state index contributed by atoms with van der Waals surface area (Å²) in [6.45, 7) is 27.2. The maximum atomic E-state index is 12.6. The number of anilines is 1. The molecule has 7 heteroatoms. The molecule has 0 saturated carbocycles. The molecule has 1 atom stereocenters. The van der Waals surface area contributed by atoms with Gasteiger partial charge < -0.3 is 20.7 Å². The molecule has 244 valence electrons. The Hall–Kier alpha value is -3.58. The number of Topliss-reactive ketones (excluding diaryl/α,β-unsaturated/α-hetero) is 1. The van der Waals surface area contributed by atoms with Gasteiger partial charge in [-0.1, -0.05) is 84.5 Å². The Morgan fingerprint density at radius 2 is 1.56 bits per heavy atom. The normalized spacial score (nSPS) is 9.40. The van der Waals surface area contributed by atoms with Crippen molar-refractivity contribution in [3.63, 3.8) is 0 Å². The van der Waals surface area contributed by atoms with Crippen LogP contribution in [0.2, 0.25) is 0 Å². The highest BCUT2D eigenvalue weighted by atomic mass is 19.1. The second-order valence-corrected chi connectivity index (χ2v) is 8.71. The third-order valence-electron chi connectivity index (χ3n) is 5.21. The summed E-state index contributed by atoms with van der Waals surface area (Å²) >= 11 is 0. The molecule has 0 aliphatic rings. The zero-order chi connectivity index (χ0) is 34.2. The molecular formula is C36H60FN3O3. The highest BCUT2D eigenvalue weighted by Crippen LogP contribution is 2.17. The van der Waals surface area contributed by atoms with Gasteiger partial charge in [0.15, 0.2) is 5.78 Å². The van der Waals surface area contributed by atoms with Gasteiger partial charge in [-0.15, -0.1) is 6.58 Å². The fraction of sp³-hybridized carbons (Fsp3) is 0.472. The number of hydrogen-bond acceptors (Lipinski definition) is 5. The number of hydrogen-bond donors (Lipinski definition) is 3. The molecule has 0 fully saturated rings. The minimum atomic E-state index is -0.603. The quantitative estimate of drug-likeness (QED) is 0.138. The molecule has 0 unspecified atom stereocenters. The van der Waals surface area contributed by atoms with E-state index < -0.39 is 6.04 Å². The fourth-order valence-electron chi connectivity index (χ4n) is 2.88. The Bertz CT molecular complexity index is 1020. The minimum Gasteiger partial charge on any atom is -0.382 e. The third kappa shape index (κ3) is 25.8. The first-order valence-corrected chi connectivity index (χ1v) is 15.2. The Kier molecular flexibility index (Phi) is 35.5. The number of rotatable bonds is 11. The number of benzene rings is 2. The van der Waals surface area contributed by atoms with E-state index in [0.717, 1.165) is 48.1 Å². The zero-order valence-electron chi connectivity index (χ0n) is 28.8. The monoisotopic (exact) mass is 601 g/mol. The van der Waals surface area contributed by atoms with E-state index >= 15 is 0 Å². The van der Waals surface area contributed by atoms with E-state index in [9.17, 15) is 18.8 Å². The molecule has 6 nitrogen and oxygen atoms in total. The van der Waals surface area contributed by atoms with Crippen LogP contribution in [0.25, 0.3) is 0 Å². The summed E-state index contributed by atoms with van der Waals surface area (Å²) in [5.41, 5.74) is 4.18. The lowest BCUT2D eigenvalue weighted by atomic mass is 10.1. The van der Waals surface area contributed by atoms with Crippen molar-refractivity contribution in [1.82, 2.24) is 10.6 Å². The molecule has 0 aliphatic heterocycles. The lowest BCUT2D eigenvalue weighted by Gasteiger charge is -2.18. The van der Waals surface area contributed by atoms with E-state index in [0.29, 0.717) is 18.5 Å². The summed E-state index contributed by atoms with van der Waals surface area (Å²) in [6.07, 6.45) is 4.65. The van der Waals surface area contributed by atoms with Crippen molar-refractivity contribution in [3.8, 4) is 0 Å². The highest BCUT2D eigenvalue weighted by Gasteiger charge is 2.17. The molecule has 43 heavy (non-hydrogen) atoms. The number of aldehydes is 1. The van der Waals surface area contributed by atoms with E-state index in [4.69, 9.17) is 0 Å². The van der Waals surface area contributed by atoms with Gasteiger partial charge in [-0.2, -0.15) is 0 Å². The lowest BCUT2D eigenvalue weighted by molar-refractivity contribution is -0.124. The molecule has 0 aromatic heterocycles. The van der Waals surface area contributed by atoms with Crippen molar-refractivity contribution < 1.29 is 18.8 Å². The molecule has 0 spiro atoms. The Balaban J connectivity index is -0.000000310. The van der Waals surface area contributed by atoms with Crippen LogP contribution in [0.3, 0.4) is 0 Å². The van der Waals surface area contributed by atoms with E-state index in [1.807, 2.05) is 79.8 Å². The predicted octanol–water partition coefficient (Wildman–Crippen LogP) is 8.05. The summed E-state index contributed by atoms with van der Waals surface area (Å²) in [5, 5.41) is 8.77. The first-order chi connectivity index (χ1) is 20.5. The van der Waals surface area contributed by atoms with Gasteiger partial charge in [0.05, 0.1) is 0 Å². The van der Waals surface area contributed by atoms with Crippen LogP contribution in [0.15, 0.2) is 67.3 Å². The largest absolute Gasteiger partial charge is 0.382 e. The first-order valence-electron chi connectivity index (χ1n) is 15.2. The van der Waals surface area contributed by atoms with Gasteiger partial charge in [-0.25, -0.2) is 4.39 Å². The average molecular weight is 602 g/mol. The van der Waals surface area contributed by atoms with Crippen LogP contribution in [0, 0.1) is 12.7 Å². The van der Waals surface area contributed by atoms with Crippen LogP contribution >= 0.6 is 0 Å². The molecule has 0 bridgehead atoms. The second kappa shape index (κ2) is 32.9. The first kappa shape index (κ1) is 46.4. The van der Waals surface area contributed by atoms with Crippen LogP contribution in [0.5, 0.6) is 0 Å². The SMILES string of the molecule is C=C(C)C(=O)N[C@@H](CNc1ccc(CCC=O)cc1C)C(C)=O.C=CC.CC.CC.CCNC.CCc1ccccc1F. The Morgan fingerprint density at radius 1 is 1.02 bits per heavy atom. The Morgan fingerprint density at radius 3 is 1.93 bits per heavy atom. The molecule has 3 N–H and O–H groups in total. The van der Waals surface area contributed by atoms with Crippen molar-refractivity contribution in [3.05, 3.63) is 89.8 Å². The number of aryl methyl sites for hydroxylation is 3. The topological polar surface area (TPSA) is 87.3 Å². The van der Waals surface area contributed by atoms with Crippen molar-refractivity contribution in [1.29, 1.82) is 0 Å². The molecule has 2 aromatic carbocycles. The van der Waals surface area contributed by atoms with Gasteiger partial charge in [0.25, 0.3) is 0 Å². The second-order valence-electron chi connectivity index (χ2n) is 8.71. The number of halogens is 1. The van der Waals surface area contributed by atoms with Gasteiger partial charge in [0.1, 0.15) is 18.1 Å². The van der Waals surface area contributed by atoms with Crippen molar-refractivity contribution >= 4 is 23.7 Å². The lowest BCUT2D eigenvalue weighted by Crippen LogP contribution is -2.44. The summed E-state index contributed by atoms with van der Waals surface area (Å²) < 4.78 is 12.6. The van der Waals surface area contributed by atoms with E-state index in [1.54, 1.807) is 25.1 Å². The summed E-state index contributed by atoms with van der Waals surface area (Å²) in [6, 6.07) is 12.1. The van der Waals surface area contributed by atoms with Crippen molar-refractivity contribution in [2.24, 2.45) is 0 Å². The maximum Gasteiger partial charge on any atom is 0.246 e. The predicted molar refractivity (Wildman–Crippen MR) is 185 cm³/mol. The third-order valence-corrected chi connectivity index (χ3v) is 5.21. The summed E-state index contributed by atoms with van der Waals surface area (Å²) in [4.78, 5) is 33.7. The van der Waals surface area contributed by atoms with Crippen LogP contribution in [0.4, 0.5) is 10.1 Å².